The van der Waals surface area contributed by atoms with Gasteiger partial charge in [0.2, 0.25) is 0 Å². The summed E-state index contributed by atoms with van der Waals surface area (Å²) in [5, 5.41) is 0. The number of hydrogen-bond donors (Lipinski definition) is 1. The average molecular weight is 282 g/mol. The van der Waals surface area contributed by atoms with Gasteiger partial charge in [0, 0.05) is 24.8 Å². The van der Waals surface area contributed by atoms with E-state index in [-0.39, 0.29) is 23.9 Å². The van der Waals surface area contributed by atoms with Crippen molar-refractivity contribution in [2.75, 3.05) is 13.2 Å². The smallest absolute Gasteiger partial charge is 0.166 e. The summed E-state index contributed by atoms with van der Waals surface area (Å²) < 4.78 is 45.3. The minimum atomic E-state index is -1.18. The van der Waals surface area contributed by atoms with E-state index in [0.29, 0.717) is 26.1 Å². The van der Waals surface area contributed by atoms with Gasteiger partial charge in [-0.25, -0.2) is 13.2 Å². The molecule has 2 rings (SSSR count). The summed E-state index contributed by atoms with van der Waals surface area (Å²) in [6, 6.07) is 0.854. The van der Waals surface area contributed by atoms with E-state index in [4.69, 9.17) is 10.5 Å². The van der Waals surface area contributed by atoms with Crippen molar-refractivity contribution in [1.29, 1.82) is 0 Å². The second-order valence-electron chi connectivity index (χ2n) is 4.23. The highest BCUT2D eigenvalue weighted by molar-refractivity contribution is 5.85. The van der Waals surface area contributed by atoms with Crippen LogP contribution in [0.3, 0.4) is 0 Å². The van der Waals surface area contributed by atoms with E-state index < -0.39 is 23.5 Å². The molecule has 0 saturated carbocycles. The maximum Gasteiger partial charge on any atom is 0.166 e. The third-order valence-electron chi connectivity index (χ3n) is 3.19. The zero-order valence-corrected chi connectivity index (χ0v) is 10.5. The molecular weight excluding hydrogens is 267 g/mol. The summed E-state index contributed by atoms with van der Waals surface area (Å²) >= 11 is 0. The van der Waals surface area contributed by atoms with E-state index in [1.807, 2.05) is 0 Å². The first-order chi connectivity index (χ1) is 8.11. The first-order valence-electron chi connectivity index (χ1n) is 5.58. The summed E-state index contributed by atoms with van der Waals surface area (Å²) in [4.78, 5) is 0. The molecule has 0 spiro atoms. The molecule has 0 bridgehead atoms. The van der Waals surface area contributed by atoms with E-state index >= 15 is 0 Å². The Kier molecular flexibility index (Phi) is 5.44. The molecule has 2 nitrogen and oxygen atoms in total. The lowest BCUT2D eigenvalue weighted by atomic mass is 9.87. The molecule has 0 aromatic heterocycles. The van der Waals surface area contributed by atoms with Crippen LogP contribution in [0.25, 0.3) is 0 Å². The van der Waals surface area contributed by atoms with E-state index in [1.54, 1.807) is 0 Å². The van der Waals surface area contributed by atoms with Gasteiger partial charge >= 0.3 is 0 Å². The standard InChI is InChI=1S/C12H14F3NO.ClH/c13-8-1-2-9(14)11(15)10(8)12(16)7-3-5-17-6-4-7;/h1-2,7,12H,3-6,16H2;1H/t12-;/m1./s1. The largest absolute Gasteiger partial charge is 0.381 e. The van der Waals surface area contributed by atoms with Crippen molar-refractivity contribution in [2.45, 2.75) is 18.9 Å². The van der Waals surface area contributed by atoms with Crippen molar-refractivity contribution in [2.24, 2.45) is 11.7 Å². The second-order valence-corrected chi connectivity index (χ2v) is 4.23. The fourth-order valence-corrected chi connectivity index (χ4v) is 2.16. The lowest BCUT2D eigenvalue weighted by Crippen LogP contribution is -2.29. The van der Waals surface area contributed by atoms with Crippen molar-refractivity contribution < 1.29 is 17.9 Å². The molecule has 1 atom stereocenters. The van der Waals surface area contributed by atoms with E-state index in [0.717, 1.165) is 12.1 Å². The number of halogens is 4. The quantitative estimate of drug-likeness (QED) is 0.846. The lowest BCUT2D eigenvalue weighted by Gasteiger charge is -2.28. The van der Waals surface area contributed by atoms with Gasteiger partial charge in [0.25, 0.3) is 0 Å². The van der Waals surface area contributed by atoms with Crippen LogP contribution in [-0.2, 0) is 4.74 Å². The zero-order valence-electron chi connectivity index (χ0n) is 9.67. The van der Waals surface area contributed by atoms with Crippen molar-refractivity contribution >= 4 is 12.4 Å². The highest BCUT2D eigenvalue weighted by Crippen LogP contribution is 2.31. The van der Waals surface area contributed by atoms with E-state index in [2.05, 4.69) is 0 Å². The van der Waals surface area contributed by atoms with Crippen molar-refractivity contribution in [1.82, 2.24) is 0 Å². The molecule has 6 heteroatoms. The molecule has 1 aliphatic heterocycles. The molecule has 1 aliphatic rings. The number of rotatable bonds is 2. The van der Waals surface area contributed by atoms with Crippen molar-refractivity contribution in [3.8, 4) is 0 Å². The maximum atomic E-state index is 13.5. The SMILES string of the molecule is Cl.N[C@@H](c1c(F)ccc(F)c1F)C1CCOCC1. The molecule has 2 N–H and O–H groups in total. The fourth-order valence-electron chi connectivity index (χ4n) is 2.16. The molecule has 1 fully saturated rings. The Labute approximate surface area is 110 Å². The van der Waals surface area contributed by atoms with Crippen LogP contribution in [0.15, 0.2) is 12.1 Å². The van der Waals surface area contributed by atoms with Gasteiger partial charge in [-0.1, -0.05) is 0 Å². The van der Waals surface area contributed by atoms with Gasteiger partial charge in [-0.15, -0.1) is 12.4 Å². The molecule has 1 heterocycles. The third kappa shape index (κ3) is 2.96. The van der Waals surface area contributed by atoms with Gasteiger partial charge < -0.3 is 10.5 Å². The predicted molar refractivity (Wildman–Crippen MR) is 64.0 cm³/mol. The molecule has 102 valence electrons. The molecule has 0 aliphatic carbocycles. The Hall–Kier alpha value is -0.780. The van der Waals surface area contributed by atoms with Crippen LogP contribution in [0.1, 0.15) is 24.4 Å². The van der Waals surface area contributed by atoms with Crippen LogP contribution < -0.4 is 5.73 Å². The first kappa shape index (κ1) is 15.3. The molecule has 1 aromatic rings. The summed E-state index contributed by atoms with van der Waals surface area (Å²) in [7, 11) is 0. The molecule has 18 heavy (non-hydrogen) atoms. The number of hydrogen-bond acceptors (Lipinski definition) is 2. The van der Waals surface area contributed by atoms with Gasteiger partial charge in [-0.05, 0) is 30.9 Å². The average Bonchev–Trinajstić information content (AvgIpc) is 2.35. The fraction of sp³-hybridized carbons (Fsp3) is 0.500. The molecule has 0 radical (unpaired) electrons. The molecule has 1 saturated heterocycles. The van der Waals surface area contributed by atoms with Crippen LogP contribution in [0, 0.1) is 23.4 Å². The maximum absolute atomic E-state index is 13.5. The molecule has 0 amide bonds. The van der Waals surface area contributed by atoms with Crippen LogP contribution >= 0.6 is 12.4 Å². The second kappa shape index (κ2) is 6.41. The first-order valence-corrected chi connectivity index (χ1v) is 5.58. The number of benzene rings is 1. The Morgan fingerprint density at radius 1 is 1.11 bits per heavy atom. The topological polar surface area (TPSA) is 35.2 Å². The Balaban J connectivity index is 0.00000162. The minimum Gasteiger partial charge on any atom is -0.381 e. The van der Waals surface area contributed by atoms with Crippen molar-refractivity contribution in [3.63, 3.8) is 0 Å². The monoisotopic (exact) mass is 281 g/mol. The van der Waals surface area contributed by atoms with Gasteiger partial charge in [-0.2, -0.15) is 0 Å². The van der Waals surface area contributed by atoms with Crippen LogP contribution in [-0.4, -0.2) is 13.2 Å². The molecular formula is C12H15ClF3NO. The predicted octanol–water partition coefficient (Wildman–Crippen LogP) is 2.95. The highest BCUT2D eigenvalue weighted by Gasteiger charge is 2.28. The minimum absolute atomic E-state index is 0. The van der Waals surface area contributed by atoms with Gasteiger partial charge in [0.1, 0.15) is 5.82 Å². The highest BCUT2D eigenvalue weighted by atomic mass is 35.5. The van der Waals surface area contributed by atoms with Crippen molar-refractivity contribution in [3.05, 3.63) is 35.1 Å². The molecule has 1 aromatic carbocycles. The Morgan fingerprint density at radius 2 is 1.67 bits per heavy atom. The Bertz CT molecular complexity index is 411. The van der Waals surface area contributed by atoms with Gasteiger partial charge in [0.15, 0.2) is 11.6 Å². The van der Waals surface area contributed by atoms with Crippen LogP contribution in [0.5, 0.6) is 0 Å². The number of nitrogens with two attached hydrogens (primary N) is 1. The van der Waals surface area contributed by atoms with E-state index in [1.165, 1.54) is 0 Å². The number of ether oxygens (including phenoxy) is 1. The summed E-state index contributed by atoms with van der Waals surface area (Å²) in [6.07, 6.45) is 1.27. The third-order valence-corrected chi connectivity index (χ3v) is 3.19. The summed E-state index contributed by atoms with van der Waals surface area (Å²) in [5.74, 6) is -3.11. The van der Waals surface area contributed by atoms with Crippen LogP contribution in [0.2, 0.25) is 0 Å². The lowest BCUT2D eigenvalue weighted by molar-refractivity contribution is 0.0575. The summed E-state index contributed by atoms with van der Waals surface area (Å²) in [5.41, 5.74) is 5.49. The Morgan fingerprint density at radius 3 is 2.28 bits per heavy atom. The van der Waals surface area contributed by atoms with E-state index in [9.17, 15) is 13.2 Å². The van der Waals surface area contributed by atoms with Crippen LogP contribution in [0.4, 0.5) is 13.2 Å². The zero-order chi connectivity index (χ0) is 12.4. The summed E-state index contributed by atoms with van der Waals surface area (Å²) in [6.45, 7) is 1.05. The molecule has 0 unspecified atom stereocenters. The van der Waals surface area contributed by atoms with Gasteiger partial charge in [-0.3, -0.25) is 0 Å². The van der Waals surface area contributed by atoms with Gasteiger partial charge in [0.05, 0.1) is 0 Å². The normalized spacial score (nSPS) is 18.2.